The number of rotatable bonds is 12. The largest absolute Gasteiger partial charge is 0.369 e. The molecule has 6 nitrogen and oxygen atoms in total. The van der Waals surface area contributed by atoms with Gasteiger partial charge in [-0.15, -0.1) is 0 Å². The lowest BCUT2D eigenvalue weighted by molar-refractivity contribution is 0.212. The fraction of sp³-hybridized carbons (Fsp3) is 0.556. The van der Waals surface area contributed by atoms with Gasteiger partial charge in [0.15, 0.2) is 34.5 Å². The fourth-order valence-corrected chi connectivity index (χ4v) is 7.68. The lowest BCUT2D eigenvalue weighted by atomic mass is 10.0. The van der Waals surface area contributed by atoms with Crippen LogP contribution in [-0.4, -0.2) is 26.4 Å². The molecule has 1 aromatic carbocycles. The van der Waals surface area contributed by atoms with E-state index in [1.54, 1.807) is 0 Å². The molecule has 0 bridgehead atoms. The summed E-state index contributed by atoms with van der Waals surface area (Å²) in [5.41, 5.74) is -1.98. The Morgan fingerprint density at radius 2 is 1.19 bits per heavy atom. The number of alkyl halides is 1. The molecule has 0 radical (unpaired) electrons. The zero-order valence-corrected chi connectivity index (χ0v) is 19.5. The summed E-state index contributed by atoms with van der Waals surface area (Å²) in [7, 11) is -9.09. The van der Waals surface area contributed by atoms with Crippen LogP contribution in [0.15, 0.2) is 16.7 Å². The normalized spacial score (nSPS) is 13.4. The van der Waals surface area contributed by atoms with Crippen molar-refractivity contribution in [1.82, 2.24) is 0 Å². The number of benzene rings is 1. The van der Waals surface area contributed by atoms with E-state index in [2.05, 4.69) is 0 Å². The first kappa shape index (κ1) is 27.9. The maximum absolute atomic E-state index is 15.3. The van der Waals surface area contributed by atoms with Crippen molar-refractivity contribution in [1.29, 1.82) is 0 Å². The van der Waals surface area contributed by atoms with Gasteiger partial charge in [0, 0.05) is 5.56 Å². The summed E-state index contributed by atoms with van der Waals surface area (Å²) in [5.74, 6) is -8.21. The molecule has 1 unspecified atom stereocenters. The topological polar surface area (TPSA) is 71.1 Å². The van der Waals surface area contributed by atoms with Crippen LogP contribution in [0.2, 0.25) is 0 Å². The van der Waals surface area contributed by atoms with Crippen LogP contribution < -0.4 is 0 Å². The first-order valence-corrected chi connectivity index (χ1v) is 12.5. The summed E-state index contributed by atoms with van der Waals surface area (Å²) in [4.78, 5) is 0. The lowest BCUT2D eigenvalue weighted by Crippen LogP contribution is -2.10. The highest BCUT2D eigenvalue weighted by molar-refractivity contribution is 7.78. The highest BCUT2D eigenvalue weighted by atomic mass is 31.2. The number of hydrogen-bond acceptors (Lipinski definition) is 6. The van der Waals surface area contributed by atoms with E-state index in [0.29, 0.717) is 0 Å². The zero-order valence-electron chi connectivity index (χ0n) is 17.7. The van der Waals surface area contributed by atoms with Gasteiger partial charge in [-0.25, -0.2) is 22.0 Å². The summed E-state index contributed by atoms with van der Waals surface area (Å²) >= 11 is 0. The summed E-state index contributed by atoms with van der Waals surface area (Å²) < 4.78 is 118. The quantitative estimate of drug-likeness (QED) is 0.135. The second kappa shape index (κ2) is 11.7. The van der Waals surface area contributed by atoms with Gasteiger partial charge < -0.3 is 18.1 Å². The lowest BCUT2D eigenvalue weighted by Gasteiger charge is -2.28. The van der Waals surface area contributed by atoms with Gasteiger partial charge in [-0.2, -0.15) is 0 Å². The van der Waals surface area contributed by atoms with Crippen LogP contribution in [0.3, 0.4) is 0 Å². The molecule has 178 valence electrons. The zero-order chi connectivity index (χ0) is 24.0. The third-order valence-electron chi connectivity index (χ3n) is 3.85. The molecule has 0 aliphatic rings. The van der Waals surface area contributed by atoms with Crippen LogP contribution in [-0.2, 0) is 27.2 Å². The van der Waals surface area contributed by atoms with Crippen molar-refractivity contribution in [2.75, 3.05) is 26.4 Å². The highest BCUT2D eigenvalue weighted by Crippen LogP contribution is 2.75. The SMILES string of the molecule is CCOP(=O)(OCC)C(=C(C)C(F)c1cc(F)c(F)c(F)c1F)P(=O)(OCC)OCC. The molecular formula is C18H25F5O6P2. The fourth-order valence-electron chi connectivity index (χ4n) is 2.70. The molecule has 0 amide bonds. The molecular weight excluding hydrogens is 469 g/mol. The van der Waals surface area contributed by atoms with Crippen LogP contribution >= 0.6 is 15.2 Å². The molecule has 1 aromatic rings. The van der Waals surface area contributed by atoms with Crippen LogP contribution in [0.4, 0.5) is 22.0 Å². The van der Waals surface area contributed by atoms with Crippen LogP contribution in [0, 0.1) is 23.3 Å². The maximum Gasteiger partial charge on any atom is 0.369 e. The summed E-state index contributed by atoms with van der Waals surface area (Å²) in [6.45, 7) is 5.77. The van der Waals surface area contributed by atoms with Gasteiger partial charge in [-0.05, 0) is 46.3 Å². The van der Waals surface area contributed by atoms with E-state index in [1.165, 1.54) is 27.7 Å². The van der Waals surface area contributed by atoms with Gasteiger partial charge in [0.1, 0.15) is 0 Å². The van der Waals surface area contributed by atoms with Crippen molar-refractivity contribution in [3.05, 3.63) is 45.5 Å². The van der Waals surface area contributed by atoms with Crippen LogP contribution in [0.25, 0.3) is 0 Å². The van der Waals surface area contributed by atoms with Crippen LogP contribution in [0.5, 0.6) is 0 Å². The Kier molecular flexibility index (Phi) is 10.5. The molecule has 0 fully saturated rings. The summed E-state index contributed by atoms with van der Waals surface area (Å²) in [6, 6.07) is 0.109. The average molecular weight is 494 g/mol. The minimum Gasteiger partial charge on any atom is -0.305 e. The van der Waals surface area contributed by atoms with Crippen molar-refractivity contribution in [2.45, 2.75) is 40.8 Å². The first-order chi connectivity index (χ1) is 14.4. The first-order valence-electron chi connectivity index (χ1n) is 9.40. The molecule has 0 spiro atoms. The second-order valence-electron chi connectivity index (χ2n) is 5.92. The van der Waals surface area contributed by atoms with Gasteiger partial charge in [0.05, 0.1) is 26.4 Å². The van der Waals surface area contributed by atoms with Gasteiger partial charge >= 0.3 is 15.2 Å². The van der Waals surface area contributed by atoms with Gasteiger partial charge in [-0.3, -0.25) is 9.13 Å². The minimum atomic E-state index is -4.55. The molecule has 0 saturated heterocycles. The number of allylic oxidation sites excluding steroid dienone is 1. The molecule has 13 heteroatoms. The average Bonchev–Trinajstić information content (AvgIpc) is 2.69. The summed E-state index contributed by atoms with van der Waals surface area (Å²) in [6.07, 6.45) is -2.72. The van der Waals surface area contributed by atoms with Gasteiger partial charge in [0.25, 0.3) is 0 Å². The van der Waals surface area contributed by atoms with E-state index >= 15 is 4.39 Å². The Hall–Kier alpha value is -1.09. The second-order valence-corrected chi connectivity index (χ2v) is 10.2. The summed E-state index contributed by atoms with van der Waals surface area (Å²) in [5, 5.41) is -0.857. The molecule has 0 saturated carbocycles. The third kappa shape index (κ3) is 6.03. The van der Waals surface area contributed by atoms with Crippen molar-refractivity contribution in [2.24, 2.45) is 0 Å². The van der Waals surface area contributed by atoms with Crippen molar-refractivity contribution in [3.8, 4) is 0 Å². The molecule has 1 atom stereocenters. The highest BCUT2D eigenvalue weighted by Gasteiger charge is 2.48. The van der Waals surface area contributed by atoms with Crippen molar-refractivity contribution < 1.29 is 49.2 Å². The van der Waals surface area contributed by atoms with Gasteiger partial charge in [-0.1, -0.05) is 0 Å². The minimum absolute atomic E-state index is 0.109. The van der Waals surface area contributed by atoms with Crippen LogP contribution in [0.1, 0.15) is 46.4 Å². The van der Waals surface area contributed by atoms with E-state index < -0.39 is 60.8 Å². The predicted molar refractivity (Wildman–Crippen MR) is 105 cm³/mol. The van der Waals surface area contributed by atoms with E-state index in [0.717, 1.165) is 6.92 Å². The number of halogens is 5. The van der Waals surface area contributed by atoms with E-state index in [-0.39, 0.29) is 32.5 Å². The third-order valence-corrected chi connectivity index (χ3v) is 9.46. The molecule has 0 aliphatic carbocycles. The Labute approximate surface area is 177 Å². The Balaban J connectivity index is 3.92. The van der Waals surface area contributed by atoms with Crippen molar-refractivity contribution >= 4 is 15.2 Å². The molecule has 0 aliphatic heterocycles. The molecule has 0 heterocycles. The smallest absolute Gasteiger partial charge is 0.305 e. The van der Waals surface area contributed by atoms with E-state index in [9.17, 15) is 26.7 Å². The monoisotopic (exact) mass is 494 g/mol. The van der Waals surface area contributed by atoms with Gasteiger partial charge in [0.2, 0.25) is 0 Å². The Morgan fingerprint density at radius 3 is 1.55 bits per heavy atom. The van der Waals surface area contributed by atoms with E-state index in [1.807, 2.05) is 0 Å². The maximum atomic E-state index is 15.3. The molecule has 31 heavy (non-hydrogen) atoms. The molecule has 1 rings (SSSR count). The Bertz CT molecular complexity index is 856. The van der Waals surface area contributed by atoms with Crippen molar-refractivity contribution in [3.63, 3.8) is 0 Å². The standard InChI is InChI=1S/C18H25F5O6P2/c1-6-26-30(24,27-7-2)18(31(25,28-8-3)29-9-4)11(5)14(20)12-10-13(19)16(22)17(23)15(12)21/h10,14H,6-9H2,1-5H3. The molecule has 0 N–H and O–H groups in total. The predicted octanol–water partition coefficient (Wildman–Crippen LogP) is 7.02. The van der Waals surface area contributed by atoms with E-state index in [4.69, 9.17) is 18.1 Å². The molecule has 0 aromatic heterocycles. The number of hydrogen-bond donors (Lipinski definition) is 0. The Morgan fingerprint density at radius 1 is 0.806 bits per heavy atom.